The molecular formula is C12H12INO. The molecule has 1 aromatic carbocycles. The van der Waals surface area contributed by atoms with Gasteiger partial charge in [0.25, 0.3) is 0 Å². The summed E-state index contributed by atoms with van der Waals surface area (Å²) in [6, 6.07) is 10.2. The van der Waals surface area contributed by atoms with Gasteiger partial charge in [-0.1, -0.05) is 6.07 Å². The monoisotopic (exact) mass is 313 g/mol. The Labute approximate surface area is 103 Å². The number of hydrogen-bond donors (Lipinski definition) is 0. The lowest BCUT2D eigenvalue weighted by Gasteiger charge is -2.12. The van der Waals surface area contributed by atoms with Crippen LogP contribution in [0.4, 0.5) is 0 Å². The predicted molar refractivity (Wildman–Crippen MR) is 66.6 cm³/mol. The van der Waals surface area contributed by atoms with Crippen LogP contribution >= 0.6 is 22.6 Å². The van der Waals surface area contributed by atoms with E-state index in [4.69, 9.17) is 10.00 Å². The van der Waals surface area contributed by atoms with E-state index in [9.17, 15) is 0 Å². The Hall–Kier alpha value is -0.760. The highest BCUT2D eigenvalue weighted by Gasteiger charge is 2.43. The first-order valence-electron chi connectivity index (χ1n) is 4.99. The van der Waals surface area contributed by atoms with Crippen LogP contribution in [0.1, 0.15) is 19.3 Å². The number of halogens is 1. The van der Waals surface area contributed by atoms with E-state index in [1.165, 1.54) is 3.57 Å². The molecule has 2 nitrogen and oxygen atoms in total. The average molecular weight is 313 g/mol. The molecule has 0 spiro atoms. The SMILES string of the molecule is N#CCC1(COc2cccc(I)c2)CC1. The quantitative estimate of drug-likeness (QED) is 0.799. The largest absolute Gasteiger partial charge is 0.493 e. The van der Waals surface area contributed by atoms with Gasteiger partial charge in [0, 0.05) is 15.4 Å². The van der Waals surface area contributed by atoms with Crippen LogP contribution < -0.4 is 4.74 Å². The van der Waals surface area contributed by atoms with E-state index >= 15 is 0 Å². The van der Waals surface area contributed by atoms with Crippen LogP contribution in [0.25, 0.3) is 0 Å². The molecule has 1 aliphatic carbocycles. The summed E-state index contributed by atoms with van der Waals surface area (Å²) in [5, 5.41) is 8.68. The first kappa shape index (κ1) is 10.7. The molecule has 0 atom stereocenters. The van der Waals surface area contributed by atoms with E-state index in [-0.39, 0.29) is 5.41 Å². The van der Waals surface area contributed by atoms with Crippen molar-refractivity contribution in [1.82, 2.24) is 0 Å². The van der Waals surface area contributed by atoms with E-state index in [0.717, 1.165) is 18.6 Å². The van der Waals surface area contributed by atoms with Crippen LogP contribution in [-0.2, 0) is 0 Å². The third-order valence-electron chi connectivity index (χ3n) is 2.75. The van der Waals surface area contributed by atoms with E-state index in [2.05, 4.69) is 28.7 Å². The average Bonchev–Trinajstić information content (AvgIpc) is 2.97. The Kier molecular flexibility index (Phi) is 3.15. The van der Waals surface area contributed by atoms with Crippen LogP contribution in [-0.4, -0.2) is 6.61 Å². The van der Waals surface area contributed by atoms with E-state index in [1.807, 2.05) is 24.3 Å². The van der Waals surface area contributed by atoms with Crippen molar-refractivity contribution < 1.29 is 4.74 Å². The highest BCUT2D eigenvalue weighted by molar-refractivity contribution is 14.1. The lowest BCUT2D eigenvalue weighted by atomic mass is 10.1. The zero-order valence-electron chi connectivity index (χ0n) is 8.37. The third-order valence-corrected chi connectivity index (χ3v) is 3.42. The van der Waals surface area contributed by atoms with Crippen molar-refractivity contribution >= 4 is 22.6 Å². The molecule has 1 fully saturated rings. The van der Waals surface area contributed by atoms with Crippen molar-refractivity contribution in [2.75, 3.05) is 6.61 Å². The summed E-state index contributed by atoms with van der Waals surface area (Å²) in [6.07, 6.45) is 2.88. The second-order valence-electron chi connectivity index (χ2n) is 4.08. The van der Waals surface area contributed by atoms with Gasteiger partial charge in [-0.05, 0) is 53.6 Å². The lowest BCUT2D eigenvalue weighted by molar-refractivity contribution is 0.236. The maximum absolute atomic E-state index is 8.68. The molecule has 2 rings (SSSR count). The van der Waals surface area contributed by atoms with Gasteiger partial charge in [0.1, 0.15) is 5.75 Å². The van der Waals surface area contributed by atoms with Gasteiger partial charge in [-0.15, -0.1) is 0 Å². The Balaban J connectivity index is 1.91. The number of rotatable bonds is 4. The maximum Gasteiger partial charge on any atom is 0.120 e. The maximum atomic E-state index is 8.68. The van der Waals surface area contributed by atoms with E-state index in [1.54, 1.807) is 0 Å². The highest BCUT2D eigenvalue weighted by atomic mass is 127. The molecule has 0 aliphatic heterocycles. The van der Waals surface area contributed by atoms with Crippen molar-refractivity contribution in [2.45, 2.75) is 19.3 Å². The molecule has 0 aromatic heterocycles. The van der Waals surface area contributed by atoms with Crippen molar-refractivity contribution in [3.05, 3.63) is 27.8 Å². The number of nitrogens with zero attached hydrogens (tertiary/aromatic N) is 1. The van der Waals surface area contributed by atoms with Gasteiger partial charge >= 0.3 is 0 Å². The molecule has 0 amide bonds. The first-order chi connectivity index (χ1) is 7.24. The zero-order chi connectivity index (χ0) is 10.7. The van der Waals surface area contributed by atoms with Gasteiger partial charge in [-0.2, -0.15) is 5.26 Å². The van der Waals surface area contributed by atoms with Crippen molar-refractivity contribution in [1.29, 1.82) is 5.26 Å². The molecule has 0 unspecified atom stereocenters. The molecule has 1 saturated carbocycles. The van der Waals surface area contributed by atoms with Crippen LogP contribution in [0.15, 0.2) is 24.3 Å². The van der Waals surface area contributed by atoms with Crippen LogP contribution in [0.5, 0.6) is 5.75 Å². The van der Waals surface area contributed by atoms with Gasteiger partial charge in [0.2, 0.25) is 0 Å². The van der Waals surface area contributed by atoms with Crippen LogP contribution in [0.2, 0.25) is 0 Å². The number of benzene rings is 1. The molecule has 0 radical (unpaired) electrons. The Bertz CT molecular complexity index is 393. The Morgan fingerprint density at radius 3 is 2.87 bits per heavy atom. The summed E-state index contributed by atoms with van der Waals surface area (Å²) in [4.78, 5) is 0. The molecule has 0 N–H and O–H groups in total. The molecule has 0 heterocycles. The fraction of sp³-hybridized carbons (Fsp3) is 0.417. The molecular weight excluding hydrogens is 301 g/mol. The lowest BCUT2D eigenvalue weighted by Crippen LogP contribution is -2.12. The summed E-state index contributed by atoms with van der Waals surface area (Å²) in [5.74, 6) is 0.908. The second-order valence-corrected chi connectivity index (χ2v) is 5.33. The smallest absolute Gasteiger partial charge is 0.120 e. The topological polar surface area (TPSA) is 33.0 Å². The molecule has 1 aliphatic rings. The van der Waals surface area contributed by atoms with Crippen molar-refractivity contribution in [3.8, 4) is 11.8 Å². The summed E-state index contributed by atoms with van der Waals surface area (Å²) >= 11 is 2.27. The van der Waals surface area contributed by atoms with Crippen LogP contribution in [0, 0.1) is 20.3 Å². The van der Waals surface area contributed by atoms with Gasteiger partial charge < -0.3 is 4.74 Å². The predicted octanol–water partition coefficient (Wildman–Crippen LogP) is 3.36. The normalized spacial score (nSPS) is 16.8. The van der Waals surface area contributed by atoms with Gasteiger partial charge in [0.15, 0.2) is 0 Å². The van der Waals surface area contributed by atoms with Gasteiger partial charge in [-0.25, -0.2) is 0 Å². The number of hydrogen-bond acceptors (Lipinski definition) is 2. The molecule has 3 heteroatoms. The third kappa shape index (κ3) is 2.85. The molecule has 0 bridgehead atoms. The first-order valence-corrected chi connectivity index (χ1v) is 6.07. The minimum Gasteiger partial charge on any atom is -0.493 e. The van der Waals surface area contributed by atoms with Gasteiger partial charge in [-0.3, -0.25) is 0 Å². The standard InChI is InChI=1S/C12H12INO/c13-10-2-1-3-11(8-10)15-9-12(4-5-12)6-7-14/h1-3,8H,4-6,9H2. The fourth-order valence-electron chi connectivity index (χ4n) is 1.51. The second kappa shape index (κ2) is 4.40. The highest BCUT2D eigenvalue weighted by Crippen LogP contribution is 2.48. The van der Waals surface area contributed by atoms with E-state index < -0.39 is 0 Å². The number of nitriles is 1. The zero-order valence-corrected chi connectivity index (χ0v) is 10.5. The van der Waals surface area contributed by atoms with Crippen LogP contribution in [0.3, 0.4) is 0 Å². The summed E-state index contributed by atoms with van der Waals surface area (Å²) in [7, 11) is 0. The Morgan fingerprint density at radius 1 is 1.47 bits per heavy atom. The summed E-state index contributed by atoms with van der Waals surface area (Å²) < 4.78 is 6.89. The molecule has 1 aromatic rings. The number of ether oxygens (including phenoxy) is 1. The summed E-state index contributed by atoms with van der Waals surface area (Å²) in [5.41, 5.74) is 0.163. The fourth-order valence-corrected chi connectivity index (χ4v) is 2.02. The van der Waals surface area contributed by atoms with Crippen molar-refractivity contribution in [2.24, 2.45) is 5.41 Å². The molecule has 15 heavy (non-hydrogen) atoms. The summed E-state index contributed by atoms with van der Waals surface area (Å²) in [6.45, 7) is 0.681. The molecule has 78 valence electrons. The minimum absolute atomic E-state index is 0.163. The van der Waals surface area contributed by atoms with Crippen molar-refractivity contribution in [3.63, 3.8) is 0 Å². The minimum atomic E-state index is 0.163. The van der Waals surface area contributed by atoms with Gasteiger partial charge in [0.05, 0.1) is 12.7 Å². The van der Waals surface area contributed by atoms with E-state index in [0.29, 0.717) is 13.0 Å². The Morgan fingerprint density at radius 2 is 2.27 bits per heavy atom. The molecule has 0 saturated heterocycles.